The second-order valence-electron chi connectivity index (χ2n) is 3.97. The van der Waals surface area contributed by atoms with E-state index in [1.807, 2.05) is 0 Å². The minimum atomic E-state index is 0.340. The molecule has 0 aliphatic heterocycles. The summed E-state index contributed by atoms with van der Waals surface area (Å²) < 4.78 is 0. The highest BCUT2D eigenvalue weighted by molar-refractivity contribution is 5.33. The molecular weight excluding hydrogens is 160 g/mol. The molecule has 1 aromatic carbocycles. The molecule has 1 fully saturated rings. The lowest BCUT2D eigenvalue weighted by atomic mass is 10.0. The summed E-state index contributed by atoms with van der Waals surface area (Å²) in [5.74, 6) is 1.47. The molecular formula is C12H16O. The van der Waals surface area contributed by atoms with Crippen LogP contribution in [0.2, 0.25) is 0 Å². The number of hydrogen-bond acceptors (Lipinski definition) is 1. The maximum absolute atomic E-state index is 8.81. The number of aliphatic hydroxyl groups excluding tert-OH is 1. The van der Waals surface area contributed by atoms with Gasteiger partial charge in [-0.15, -0.1) is 0 Å². The van der Waals surface area contributed by atoms with Gasteiger partial charge < -0.3 is 5.11 Å². The second-order valence-corrected chi connectivity index (χ2v) is 3.97. The summed E-state index contributed by atoms with van der Waals surface area (Å²) in [4.78, 5) is 0. The molecule has 0 amide bonds. The average Bonchev–Trinajstić information content (AvgIpc) is 2.86. The smallest absolute Gasteiger partial charge is 0.0433 e. The van der Waals surface area contributed by atoms with Crippen LogP contribution in [0.5, 0.6) is 0 Å². The molecule has 1 saturated carbocycles. The Hall–Kier alpha value is -0.820. The van der Waals surface area contributed by atoms with Crippen molar-refractivity contribution in [2.24, 2.45) is 5.92 Å². The van der Waals surface area contributed by atoms with Gasteiger partial charge in [0.2, 0.25) is 0 Å². The second kappa shape index (κ2) is 3.51. The van der Waals surface area contributed by atoms with E-state index in [-0.39, 0.29) is 0 Å². The van der Waals surface area contributed by atoms with Crippen LogP contribution in [0.1, 0.15) is 29.9 Å². The molecule has 1 heteroatoms. The lowest BCUT2D eigenvalue weighted by molar-refractivity contribution is 0.279. The van der Waals surface area contributed by atoms with Crippen LogP contribution in [-0.4, -0.2) is 11.7 Å². The predicted octanol–water partition coefficient (Wildman–Crippen LogP) is 2.48. The van der Waals surface area contributed by atoms with Crippen molar-refractivity contribution in [2.45, 2.75) is 25.7 Å². The van der Waals surface area contributed by atoms with E-state index in [0.717, 1.165) is 18.3 Å². The zero-order valence-electron chi connectivity index (χ0n) is 8.03. The quantitative estimate of drug-likeness (QED) is 0.750. The molecule has 0 unspecified atom stereocenters. The fourth-order valence-electron chi connectivity index (χ4n) is 2.12. The number of aliphatic hydroxyl groups is 1. The van der Waals surface area contributed by atoms with Crippen LogP contribution in [0.4, 0.5) is 0 Å². The SMILES string of the molecule is Cc1ccccc1[C@@H]1C[C@H]1CCO. The Morgan fingerprint density at radius 3 is 2.85 bits per heavy atom. The predicted molar refractivity (Wildman–Crippen MR) is 53.7 cm³/mol. The van der Waals surface area contributed by atoms with E-state index in [9.17, 15) is 0 Å². The van der Waals surface area contributed by atoms with Crippen LogP contribution in [0.25, 0.3) is 0 Å². The maximum atomic E-state index is 8.81. The van der Waals surface area contributed by atoms with E-state index in [1.165, 1.54) is 17.5 Å². The van der Waals surface area contributed by atoms with Crippen LogP contribution in [0.3, 0.4) is 0 Å². The van der Waals surface area contributed by atoms with E-state index in [0.29, 0.717) is 6.61 Å². The van der Waals surface area contributed by atoms with Crippen molar-refractivity contribution in [2.75, 3.05) is 6.61 Å². The molecule has 1 nitrogen and oxygen atoms in total. The van der Waals surface area contributed by atoms with Gasteiger partial charge in [-0.3, -0.25) is 0 Å². The molecule has 0 radical (unpaired) electrons. The van der Waals surface area contributed by atoms with Crippen LogP contribution in [0, 0.1) is 12.8 Å². The number of hydrogen-bond donors (Lipinski definition) is 1. The first-order chi connectivity index (χ1) is 6.33. The van der Waals surface area contributed by atoms with Gasteiger partial charge >= 0.3 is 0 Å². The first-order valence-electron chi connectivity index (χ1n) is 4.99. The van der Waals surface area contributed by atoms with Crippen molar-refractivity contribution in [1.29, 1.82) is 0 Å². The highest BCUT2D eigenvalue weighted by Gasteiger charge is 2.37. The fourth-order valence-corrected chi connectivity index (χ4v) is 2.12. The Kier molecular flexibility index (Phi) is 2.36. The topological polar surface area (TPSA) is 20.2 Å². The molecule has 70 valence electrons. The highest BCUT2D eigenvalue weighted by Crippen LogP contribution is 2.50. The van der Waals surface area contributed by atoms with Crippen molar-refractivity contribution in [1.82, 2.24) is 0 Å². The van der Waals surface area contributed by atoms with Crippen molar-refractivity contribution in [3.8, 4) is 0 Å². The number of aryl methyl sites for hydroxylation is 1. The third-order valence-electron chi connectivity index (χ3n) is 3.01. The summed E-state index contributed by atoms with van der Waals surface area (Å²) in [6.45, 7) is 2.51. The first-order valence-corrected chi connectivity index (χ1v) is 4.99. The molecule has 0 spiro atoms. The van der Waals surface area contributed by atoms with Crippen LogP contribution in [-0.2, 0) is 0 Å². The van der Waals surface area contributed by atoms with Gasteiger partial charge in [0, 0.05) is 6.61 Å². The largest absolute Gasteiger partial charge is 0.396 e. The Morgan fingerprint density at radius 1 is 1.38 bits per heavy atom. The van der Waals surface area contributed by atoms with Gasteiger partial charge in [0.25, 0.3) is 0 Å². The summed E-state index contributed by atoms with van der Waals surface area (Å²) in [6, 6.07) is 8.58. The monoisotopic (exact) mass is 176 g/mol. The van der Waals surface area contributed by atoms with Gasteiger partial charge in [0.05, 0.1) is 0 Å². The average molecular weight is 176 g/mol. The van der Waals surface area contributed by atoms with E-state index >= 15 is 0 Å². The third kappa shape index (κ3) is 1.75. The zero-order chi connectivity index (χ0) is 9.26. The molecule has 1 aliphatic carbocycles. The van der Waals surface area contributed by atoms with Gasteiger partial charge in [0.1, 0.15) is 0 Å². The standard InChI is InChI=1S/C12H16O/c1-9-4-2-3-5-11(9)12-8-10(12)6-7-13/h2-5,10,12-13H,6-8H2,1H3/t10-,12-/m1/s1. The molecule has 13 heavy (non-hydrogen) atoms. The molecule has 0 heterocycles. The van der Waals surface area contributed by atoms with Crippen LogP contribution in [0.15, 0.2) is 24.3 Å². The molecule has 1 N–H and O–H groups in total. The molecule has 1 aliphatic rings. The Balaban J connectivity index is 2.07. The summed E-state index contributed by atoms with van der Waals surface area (Å²) >= 11 is 0. The number of benzene rings is 1. The third-order valence-corrected chi connectivity index (χ3v) is 3.01. The summed E-state index contributed by atoms with van der Waals surface area (Å²) in [5.41, 5.74) is 2.88. The highest BCUT2D eigenvalue weighted by atomic mass is 16.3. The molecule has 1 aromatic rings. The maximum Gasteiger partial charge on any atom is 0.0433 e. The van der Waals surface area contributed by atoms with Gasteiger partial charge in [0.15, 0.2) is 0 Å². The minimum Gasteiger partial charge on any atom is -0.396 e. The van der Waals surface area contributed by atoms with Crippen molar-refractivity contribution < 1.29 is 5.11 Å². The molecule has 0 aromatic heterocycles. The van der Waals surface area contributed by atoms with Gasteiger partial charge in [-0.25, -0.2) is 0 Å². The first kappa shape index (κ1) is 8.76. The number of rotatable bonds is 3. The Labute approximate surface area is 79.4 Å². The van der Waals surface area contributed by atoms with Crippen LogP contribution < -0.4 is 0 Å². The van der Waals surface area contributed by atoms with Gasteiger partial charge in [-0.2, -0.15) is 0 Å². The van der Waals surface area contributed by atoms with Crippen molar-refractivity contribution in [3.63, 3.8) is 0 Å². The minimum absolute atomic E-state index is 0.340. The normalized spacial score (nSPS) is 26.0. The van der Waals surface area contributed by atoms with Gasteiger partial charge in [-0.1, -0.05) is 24.3 Å². The molecule has 2 rings (SSSR count). The summed E-state index contributed by atoms with van der Waals surface area (Å²) in [7, 11) is 0. The zero-order valence-corrected chi connectivity index (χ0v) is 8.03. The van der Waals surface area contributed by atoms with Gasteiger partial charge in [-0.05, 0) is 42.7 Å². The molecule has 0 saturated heterocycles. The van der Waals surface area contributed by atoms with E-state index in [1.54, 1.807) is 0 Å². The van der Waals surface area contributed by atoms with Crippen molar-refractivity contribution in [3.05, 3.63) is 35.4 Å². The molecule has 0 bridgehead atoms. The van der Waals surface area contributed by atoms with E-state index in [2.05, 4.69) is 31.2 Å². The lowest BCUT2D eigenvalue weighted by Crippen LogP contribution is -1.90. The summed E-state index contributed by atoms with van der Waals surface area (Å²) in [6.07, 6.45) is 2.24. The Bertz CT molecular complexity index is 293. The fraction of sp³-hybridized carbons (Fsp3) is 0.500. The van der Waals surface area contributed by atoms with Crippen LogP contribution >= 0.6 is 0 Å². The Morgan fingerprint density at radius 2 is 2.15 bits per heavy atom. The summed E-state index contributed by atoms with van der Waals surface area (Å²) in [5, 5.41) is 8.81. The van der Waals surface area contributed by atoms with E-state index < -0.39 is 0 Å². The van der Waals surface area contributed by atoms with E-state index in [4.69, 9.17) is 5.11 Å². The lowest BCUT2D eigenvalue weighted by Gasteiger charge is -2.03. The molecule has 2 atom stereocenters. The van der Waals surface area contributed by atoms with Crippen molar-refractivity contribution >= 4 is 0 Å².